The van der Waals surface area contributed by atoms with Gasteiger partial charge in [0.2, 0.25) is 0 Å². The van der Waals surface area contributed by atoms with Gasteiger partial charge < -0.3 is 4.74 Å². The van der Waals surface area contributed by atoms with Crippen LogP contribution < -0.4 is 4.74 Å². The van der Waals surface area contributed by atoms with Gasteiger partial charge in [0.05, 0.1) is 6.10 Å². The van der Waals surface area contributed by atoms with Crippen molar-refractivity contribution in [3.05, 3.63) is 29.3 Å². The molecule has 1 aromatic carbocycles. The molecule has 0 amide bonds. The lowest BCUT2D eigenvalue weighted by Crippen LogP contribution is -2.24. The first kappa shape index (κ1) is 18.4. The molecule has 0 spiro atoms. The van der Waals surface area contributed by atoms with Crippen LogP contribution in [-0.4, -0.2) is 6.10 Å². The minimum absolute atomic E-state index is 0.157. The maximum absolute atomic E-state index is 6.48. The van der Waals surface area contributed by atoms with Gasteiger partial charge in [-0.05, 0) is 61.0 Å². The van der Waals surface area contributed by atoms with Crippen LogP contribution in [0.5, 0.6) is 5.75 Å². The third kappa shape index (κ3) is 4.31. The van der Waals surface area contributed by atoms with E-state index in [1.54, 1.807) is 0 Å². The fourth-order valence-corrected chi connectivity index (χ4v) is 3.34. The minimum atomic E-state index is 0.157. The molecule has 1 aliphatic rings. The van der Waals surface area contributed by atoms with Crippen molar-refractivity contribution in [1.29, 1.82) is 0 Å². The summed E-state index contributed by atoms with van der Waals surface area (Å²) in [4.78, 5) is 0. The van der Waals surface area contributed by atoms with Gasteiger partial charge in [0, 0.05) is 5.56 Å². The molecule has 2 rings (SSSR count). The second-order valence-corrected chi connectivity index (χ2v) is 8.56. The monoisotopic (exact) mass is 316 g/mol. The van der Waals surface area contributed by atoms with Gasteiger partial charge in [0.15, 0.2) is 0 Å². The molecule has 23 heavy (non-hydrogen) atoms. The Morgan fingerprint density at radius 2 is 1.52 bits per heavy atom. The molecular weight excluding hydrogens is 280 g/mol. The largest absolute Gasteiger partial charge is 0.490 e. The summed E-state index contributed by atoms with van der Waals surface area (Å²) in [5, 5.41) is 0. The topological polar surface area (TPSA) is 9.23 Å². The molecule has 0 atom stereocenters. The number of benzene rings is 1. The van der Waals surface area contributed by atoms with Crippen LogP contribution in [0.4, 0.5) is 0 Å². The fourth-order valence-electron chi connectivity index (χ4n) is 3.34. The van der Waals surface area contributed by atoms with Gasteiger partial charge in [0.25, 0.3) is 0 Å². The van der Waals surface area contributed by atoms with Gasteiger partial charge in [0.1, 0.15) is 5.75 Å². The molecule has 1 heteroatoms. The molecule has 130 valence electrons. The Bertz CT molecular complexity index is 507. The normalized spacial score (nSPS) is 17.3. The van der Waals surface area contributed by atoms with Gasteiger partial charge in [-0.3, -0.25) is 0 Å². The molecule has 0 aliphatic heterocycles. The molecule has 0 radical (unpaired) electrons. The Hall–Kier alpha value is -0.980. The molecule has 0 unspecified atom stereocenters. The van der Waals surface area contributed by atoms with Crippen molar-refractivity contribution < 1.29 is 4.74 Å². The van der Waals surface area contributed by atoms with E-state index < -0.39 is 0 Å². The predicted molar refractivity (Wildman–Crippen MR) is 101 cm³/mol. The van der Waals surface area contributed by atoms with Gasteiger partial charge >= 0.3 is 0 Å². The fraction of sp³-hybridized carbons (Fsp3) is 0.727. The van der Waals surface area contributed by atoms with E-state index in [0.29, 0.717) is 6.10 Å². The average molecular weight is 317 g/mol. The summed E-state index contributed by atoms with van der Waals surface area (Å²) in [5.74, 6) is 1.12. The molecule has 1 fully saturated rings. The first-order valence-corrected chi connectivity index (χ1v) is 9.62. The zero-order valence-electron chi connectivity index (χ0n) is 16.2. The Morgan fingerprint density at radius 1 is 0.913 bits per heavy atom. The van der Waals surface area contributed by atoms with Crippen molar-refractivity contribution in [3.8, 4) is 5.75 Å². The second-order valence-electron chi connectivity index (χ2n) is 8.56. The molecular formula is C22H36O. The molecule has 0 aromatic heterocycles. The highest BCUT2D eigenvalue weighted by atomic mass is 16.5. The molecule has 0 heterocycles. The zero-order valence-corrected chi connectivity index (χ0v) is 16.2. The van der Waals surface area contributed by atoms with Crippen molar-refractivity contribution in [2.24, 2.45) is 0 Å². The first-order chi connectivity index (χ1) is 10.8. The van der Waals surface area contributed by atoms with E-state index in [1.165, 1.54) is 43.2 Å². The van der Waals surface area contributed by atoms with Crippen molar-refractivity contribution in [3.63, 3.8) is 0 Å². The zero-order chi connectivity index (χ0) is 17.1. The number of hydrogen-bond acceptors (Lipinski definition) is 1. The molecule has 1 aromatic rings. The third-order valence-electron chi connectivity index (χ3n) is 6.10. The smallest absolute Gasteiger partial charge is 0.123 e. The standard InChI is InChI=1S/C22H36O/c1-7-21(3,4)17-14-15-20(19(16-17)22(5,6)8-2)23-18-12-10-9-11-13-18/h14-16,18H,7-13H2,1-6H3. The van der Waals surface area contributed by atoms with Crippen molar-refractivity contribution in [2.75, 3.05) is 0 Å². The lowest BCUT2D eigenvalue weighted by Gasteiger charge is -2.32. The van der Waals surface area contributed by atoms with Crippen LogP contribution >= 0.6 is 0 Å². The van der Waals surface area contributed by atoms with Gasteiger partial charge in [-0.1, -0.05) is 60.1 Å². The first-order valence-electron chi connectivity index (χ1n) is 9.62. The van der Waals surface area contributed by atoms with Gasteiger partial charge in [-0.25, -0.2) is 0 Å². The van der Waals surface area contributed by atoms with Crippen molar-refractivity contribution in [2.45, 2.75) is 103 Å². The lowest BCUT2D eigenvalue weighted by atomic mass is 9.76. The van der Waals surface area contributed by atoms with Crippen LogP contribution in [-0.2, 0) is 10.8 Å². The maximum atomic E-state index is 6.48. The molecule has 1 saturated carbocycles. The van der Waals surface area contributed by atoms with E-state index in [0.717, 1.165) is 18.6 Å². The predicted octanol–water partition coefficient (Wildman–Crippen LogP) is 6.77. The van der Waals surface area contributed by atoms with E-state index in [4.69, 9.17) is 4.74 Å². The van der Waals surface area contributed by atoms with Crippen LogP contribution in [0.1, 0.15) is 97.6 Å². The number of rotatable bonds is 6. The summed E-state index contributed by atoms with van der Waals surface area (Å²) >= 11 is 0. The number of hydrogen-bond donors (Lipinski definition) is 0. The summed E-state index contributed by atoms with van der Waals surface area (Å²) in [6, 6.07) is 6.95. The SMILES string of the molecule is CCC(C)(C)c1ccc(OC2CCCCC2)c(C(C)(C)CC)c1. The highest BCUT2D eigenvalue weighted by molar-refractivity contribution is 5.44. The quantitative estimate of drug-likeness (QED) is 0.562. The minimum Gasteiger partial charge on any atom is -0.490 e. The van der Waals surface area contributed by atoms with E-state index in [9.17, 15) is 0 Å². The van der Waals surface area contributed by atoms with Crippen LogP contribution in [0.3, 0.4) is 0 Å². The Kier molecular flexibility index (Phi) is 5.81. The molecule has 1 aliphatic carbocycles. The van der Waals surface area contributed by atoms with E-state index >= 15 is 0 Å². The average Bonchev–Trinajstić information content (AvgIpc) is 2.56. The maximum Gasteiger partial charge on any atom is 0.123 e. The van der Waals surface area contributed by atoms with E-state index in [-0.39, 0.29) is 10.8 Å². The summed E-state index contributed by atoms with van der Waals surface area (Å²) in [7, 11) is 0. The van der Waals surface area contributed by atoms with Crippen LogP contribution in [0.15, 0.2) is 18.2 Å². The van der Waals surface area contributed by atoms with Crippen molar-refractivity contribution >= 4 is 0 Å². The van der Waals surface area contributed by atoms with E-state index in [2.05, 4.69) is 59.7 Å². The van der Waals surface area contributed by atoms with Crippen LogP contribution in [0.2, 0.25) is 0 Å². The summed E-state index contributed by atoms with van der Waals surface area (Å²) in [6.45, 7) is 13.9. The van der Waals surface area contributed by atoms with Gasteiger partial charge in [-0.2, -0.15) is 0 Å². The van der Waals surface area contributed by atoms with E-state index in [1.807, 2.05) is 0 Å². The summed E-state index contributed by atoms with van der Waals surface area (Å²) in [5.41, 5.74) is 3.21. The highest BCUT2D eigenvalue weighted by Gasteiger charge is 2.27. The molecule has 0 N–H and O–H groups in total. The Morgan fingerprint density at radius 3 is 2.09 bits per heavy atom. The van der Waals surface area contributed by atoms with Crippen LogP contribution in [0.25, 0.3) is 0 Å². The second kappa shape index (κ2) is 7.28. The highest BCUT2D eigenvalue weighted by Crippen LogP contribution is 2.39. The van der Waals surface area contributed by atoms with Crippen molar-refractivity contribution in [1.82, 2.24) is 0 Å². The van der Waals surface area contributed by atoms with Crippen LogP contribution in [0, 0.1) is 0 Å². The molecule has 0 saturated heterocycles. The Labute approximate surface area is 143 Å². The lowest BCUT2D eigenvalue weighted by molar-refractivity contribution is 0.151. The third-order valence-corrected chi connectivity index (χ3v) is 6.10. The molecule has 0 bridgehead atoms. The summed E-state index contributed by atoms with van der Waals surface area (Å²) < 4.78 is 6.48. The number of ether oxygens (including phenoxy) is 1. The summed E-state index contributed by atoms with van der Waals surface area (Å²) in [6.07, 6.45) is 9.14. The molecule has 1 nitrogen and oxygen atoms in total. The Balaban J connectivity index is 2.36. The van der Waals surface area contributed by atoms with Gasteiger partial charge in [-0.15, -0.1) is 0 Å².